The Balaban J connectivity index is 1.28. The summed E-state index contributed by atoms with van der Waals surface area (Å²) in [4.78, 5) is 2.56. The van der Waals surface area contributed by atoms with Crippen molar-refractivity contribution in [3.63, 3.8) is 0 Å². The SMILES string of the molecule is OC(CCCN1CCC(=C2c3ccccc3C=Cc3ccccc32)CC1)c1ccccc1. The third-order valence-electron chi connectivity index (χ3n) is 6.85. The van der Waals surface area contributed by atoms with Crippen molar-refractivity contribution in [1.29, 1.82) is 0 Å². The summed E-state index contributed by atoms with van der Waals surface area (Å²) in [6, 6.07) is 27.6. The Hall–Kier alpha value is -2.94. The van der Waals surface area contributed by atoms with E-state index in [1.165, 1.54) is 27.8 Å². The average molecular weight is 422 g/mol. The molecule has 2 nitrogen and oxygen atoms in total. The molecule has 3 aromatic carbocycles. The maximum atomic E-state index is 10.4. The highest BCUT2D eigenvalue weighted by Gasteiger charge is 2.22. The van der Waals surface area contributed by atoms with E-state index in [1.807, 2.05) is 30.3 Å². The summed E-state index contributed by atoms with van der Waals surface area (Å²) in [7, 11) is 0. The summed E-state index contributed by atoms with van der Waals surface area (Å²) in [5.41, 5.74) is 9.39. The fourth-order valence-corrected chi connectivity index (χ4v) is 5.09. The van der Waals surface area contributed by atoms with Crippen molar-refractivity contribution in [3.05, 3.63) is 112 Å². The number of likely N-dealkylation sites (tertiary alicyclic amines) is 1. The first-order chi connectivity index (χ1) is 15.8. The molecule has 0 amide bonds. The van der Waals surface area contributed by atoms with Crippen LogP contribution >= 0.6 is 0 Å². The minimum Gasteiger partial charge on any atom is -0.388 e. The molecule has 3 aromatic rings. The van der Waals surface area contributed by atoms with Gasteiger partial charge in [-0.15, -0.1) is 0 Å². The Kier molecular flexibility index (Phi) is 6.34. The van der Waals surface area contributed by atoms with Gasteiger partial charge in [0.2, 0.25) is 0 Å². The van der Waals surface area contributed by atoms with E-state index >= 15 is 0 Å². The second-order valence-corrected chi connectivity index (χ2v) is 8.90. The van der Waals surface area contributed by atoms with Crippen LogP contribution in [-0.2, 0) is 0 Å². The fraction of sp³-hybridized carbons (Fsp3) is 0.267. The summed E-state index contributed by atoms with van der Waals surface area (Å²) >= 11 is 0. The molecule has 0 saturated carbocycles. The molecule has 2 aliphatic rings. The van der Waals surface area contributed by atoms with Gasteiger partial charge in [0.25, 0.3) is 0 Å². The number of rotatable bonds is 5. The van der Waals surface area contributed by atoms with Crippen molar-refractivity contribution < 1.29 is 5.11 Å². The van der Waals surface area contributed by atoms with Crippen LogP contribution in [-0.4, -0.2) is 29.6 Å². The molecule has 1 fully saturated rings. The number of fused-ring (bicyclic) bond motifs is 2. The molecular formula is C30H31NO. The van der Waals surface area contributed by atoms with E-state index in [1.54, 1.807) is 5.57 Å². The number of hydrogen-bond donors (Lipinski definition) is 1. The van der Waals surface area contributed by atoms with E-state index < -0.39 is 0 Å². The lowest BCUT2D eigenvalue weighted by Gasteiger charge is -2.30. The lowest BCUT2D eigenvalue weighted by atomic mass is 9.86. The molecule has 1 unspecified atom stereocenters. The normalized spacial score (nSPS) is 16.9. The van der Waals surface area contributed by atoms with Gasteiger partial charge in [-0.1, -0.05) is 96.6 Å². The molecule has 0 radical (unpaired) electrons. The van der Waals surface area contributed by atoms with Gasteiger partial charge in [0.05, 0.1) is 6.10 Å². The molecule has 162 valence electrons. The minimum atomic E-state index is -0.356. The molecule has 2 heteroatoms. The third kappa shape index (κ3) is 4.48. The summed E-state index contributed by atoms with van der Waals surface area (Å²) in [5.74, 6) is 0. The van der Waals surface area contributed by atoms with Crippen LogP contribution in [0.2, 0.25) is 0 Å². The maximum Gasteiger partial charge on any atom is 0.0790 e. The number of benzene rings is 3. The molecule has 1 aliphatic carbocycles. The Morgan fingerprint density at radius 3 is 1.91 bits per heavy atom. The highest BCUT2D eigenvalue weighted by Crippen LogP contribution is 2.38. The summed E-state index contributed by atoms with van der Waals surface area (Å²) < 4.78 is 0. The first kappa shape index (κ1) is 20.9. The second-order valence-electron chi connectivity index (χ2n) is 8.90. The lowest BCUT2D eigenvalue weighted by Crippen LogP contribution is -2.32. The van der Waals surface area contributed by atoms with Crippen molar-refractivity contribution in [2.45, 2.75) is 31.8 Å². The van der Waals surface area contributed by atoms with Gasteiger partial charge in [-0.3, -0.25) is 0 Å². The van der Waals surface area contributed by atoms with Crippen LogP contribution in [0, 0.1) is 0 Å². The van der Waals surface area contributed by atoms with Crippen LogP contribution in [0.3, 0.4) is 0 Å². The van der Waals surface area contributed by atoms with E-state index in [4.69, 9.17) is 0 Å². The molecule has 0 aromatic heterocycles. The molecule has 32 heavy (non-hydrogen) atoms. The zero-order chi connectivity index (χ0) is 21.8. The van der Waals surface area contributed by atoms with E-state index in [-0.39, 0.29) is 6.10 Å². The number of piperidine rings is 1. The molecule has 0 bridgehead atoms. The Morgan fingerprint density at radius 2 is 1.28 bits per heavy atom. The third-order valence-corrected chi connectivity index (χ3v) is 6.85. The Morgan fingerprint density at radius 1 is 0.719 bits per heavy atom. The minimum absolute atomic E-state index is 0.356. The zero-order valence-electron chi connectivity index (χ0n) is 18.6. The van der Waals surface area contributed by atoms with Crippen molar-refractivity contribution in [3.8, 4) is 0 Å². The molecular weight excluding hydrogens is 390 g/mol. The first-order valence-corrected chi connectivity index (χ1v) is 11.8. The van der Waals surface area contributed by atoms with Crippen LogP contribution in [0.25, 0.3) is 17.7 Å². The van der Waals surface area contributed by atoms with Gasteiger partial charge in [0.15, 0.2) is 0 Å². The molecule has 5 rings (SSSR count). The van der Waals surface area contributed by atoms with Crippen LogP contribution in [0.15, 0.2) is 84.4 Å². The molecule has 1 atom stereocenters. The quantitative estimate of drug-likeness (QED) is 0.393. The number of hydrogen-bond acceptors (Lipinski definition) is 2. The molecule has 1 heterocycles. The predicted molar refractivity (Wildman–Crippen MR) is 134 cm³/mol. The number of aliphatic hydroxyl groups is 1. The molecule has 0 spiro atoms. The van der Waals surface area contributed by atoms with Crippen LogP contribution in [0.4, 0.5) is 0 Å². The van der Waals surface area contributed by atoms with Crippen LogP contribution in [0.5, 0.6) is 0 Å². The van der Waals surface area contributed by atoms with Gasteiger partial charge in [-0.05, 0) is 65.6 Å². The van der Waals surface area contributed by atoms with E-state index in [0.717, 1.165) is 50.9 Å². The fourth-order valence-electron chi connectivity index (χ4n) is 5.09. The number of nitrogens with zero attached hydrogens (tertiary/aromatic N) is 1. The van der Waals surface area contributed by atoms with E-state index in [0.29, 0.717) is 0 Å². The predicted octanol–water partition coefficient (Wildman–Crippen LogP) is 6.58. The molecule has 1 saturated heterocycles. The highest BCUT2D eigenvalue weighted by molar-refractivity contribution is 5.94. The van der Waals surface area contributed by atoms with E-state index in [9.17, 15) is 5.11 Å². The Labute approximate surface area is 191 Å². The van der Waals surface area contributed by atoms with Crippen LogP contribution in [0.1, 0.15) is 59.6 Å². The number of aliphatic hydroxyl groups excluding tert-OH is 1. The topological polar surface area (TPSA) is 23.5 Å². The second kappa shape index (κ2) is 9.68. The van der Waals surface area contributed by atoms with Gasteiger partial charge in [-0.25, -0.2) is 0 Å². The lowest BCUT2D eigenvalue weighted by molar-refractivity contribution is 0.153. The zero-order valence-corrected chi connectivity index (χ0v) is 18.6. The van der Waals surface area contributed by atoms with Gasteiger partial charge in [-0.2, -0.15) is 0 Å². The summed E-state index contributed by atoms with van der Waals surface area (Å²) in [6.45, 7) is 3.25. The van der Waals surface area contributed by atoms with Crippen molar-refractivity contribution in [2.24, 2.45) is 0 Å². The van der Waals surface area contributed by atoms with E-state index in [2.05, 4.69) is 65.6 Å². The van der Waals surface area contributed by atoms with Crippen molar-refractivity contribution >= 4 is 17.7 Å². The van der Waals surface area contributed by atoms with Gasteiger partial charge in [0, 0.05) is 13.1 Å². The summed E-state index contributed by atoms with van der Waals surface area (Å²) in [6.07, 6.45) is 8.23. The summed E-state index contributed by atoms with van der Waals surface area (Å²) in [5, 5.41) is 10.4. The molecule has 1 N–H and O–H groups in total. The smallest absolute Gasteiger partial charge is 0.0790 e. The monoisotopic (exact) mass is 421 g/mol. The largest absolute Gasteiger partial charge is 0.388 e. The van der Waals surface area contributed by atoms with Gasteiger partial charge in [0.1, 0.15) is 0 Å². The van der Waals surface area contributed by atoms with Crippen molar-refractivity contribution in [2.75, 3.05) is 19.6 Å². The van der Waals surface area contributed by atoms with Gasteiger partial charge < -0.3 is 10.0 Å². The first-order valence-electron chi connectivity index (χ1n) is 11.8. The van der Waals surface area contributed by atoms with Gasteiger partial charge >= 0.3 is 0 Å². The molecule has 1 aliphatic heterocycles. The van der Waals surface area contributed by atoms with Crippen molar-refractivity contribution in [1.82, 2.24) is 4.90 Å². The Bertz CT molecular complexity index is 1070. The highest BCUT2D eigenvalue weighted by atomic mass is 16.3. The average Bonchev–Trinajstić information content (AvgIpc) is 3.02. The van der Waals surface area contributed by atoms with Crippen LogP contribution < -0.4 is 0 Å². The standard InChI is InChI=1S/C30H31NO/c32-29(25-11-2-1-3-12-25)15-8-20-31-21-18-26(19-22-31)30-27-13-6-4-9-23(27)16-17-24-10-5-7-14-28(24)30/h1-7,9-14,16-17,29,32H,8,15,18-22H2. The maximum absolute atomic E-state index is 10.4.